The summed E-state index contributed by atoms with van der Waals surface area (Å²) in [5, 5.41) is 0. The number of nitrogens with zero attached hydrogens (tertiary/aromatic N) is 1. The number of piperidine rings is 3. The fraction of sp³-hybridized carbons (Fsp3) is 0.875. The van der Waals surface area contributed by atoms with Gasteiger partial charge in [0, 0.05) is 12.5 Å². The van der Waals surface area contributed by atoms with Crippen LogP contribution in [0.15, 0.2) is 0 Å². The van der Waals surface area contributed by atoms with Crippen LogP contribution in [0, 0.1) is 11.8 Å². The van der Waals surface area contributed by atoms with Crippen LogP contribution in [0.4, 0.5) is 0 Å². The number of carbonyl (C=O) groups excluding carboxylic acids is 1. The first-order valence-electron chi connectivity index (χ1n) is 4.02. The lowest BCUT2D eigenvalue weighted by Crippen LogP contribution is -2.52. The van der Waals surface area contributed by atoms with Crippen molar-refractivity contribution in [1.29, 1.82) is 0 Å². The second kappa shape index (κ2) is 2.06. The first-order valence-corrected chi connectivity index (χ1v) is 4.02. The smallest absolute Gasteiger partial charge is 0.150 e. The van der Waals surface area contributed by atoms with Gasteiger partial charge in [-0.1, -0.05) is 6.92 Å². The molecule has 3 aliphatic heterocycles. The molecular weight excluding hydrogens is 126 g/mol. The molecule has 0 N–H and O–H groups in total. The highest BCUT2D eigenvalue weighted by Crippen LogP contribution is 2.28. The topological polar surface area (TPSA) is 20.3 Å². The van der Waals surface area contributed by atoms with E-state index < -0.39 is 0 Å². The van der Waals surface area contributed by atoms with Gasteiger partial charge in [0.05, 0.1) is 6.54 Å². The molecule has 2 bridgehead atoms. The molecule has 0 spiro atoms. The van der Waals surface area contributed by atoms with Crippen molar-refractivity contribution in [2.45, 2.75) is 13.3 Å². The van der Waals surface area contributed by atoms with Crippen LogP contribution in [-0.4, -0.2) is 30.3 Å². The number of rotatable bonds is 0. The van der Waals surface area contributed by atoms with Crippen LogP contribution in [0.5, 0.6) is 0 Å². The van der Waals surface area contributed by atoms with Crippen LogP contribution in [0.25, 0.3) is 0 Å². The first-order chi connectivity index (χ1) is 4.77. The standard InChI is InChI=1S/C8H13NO/c1-6-4-9-3-2-7(6)8(10)5-9/h6-7H,2-5H2,1H3/t6-,7-/m0/s1. The number of fused-ring (bicyclic) bond motifs is 3. The lowest BCUT2D eigenvalue weighted by Gasteiger charge is -2.42. The number of Topliss-reactive ketones (excluding diaryl/α,β-unsaturated/α-hetero) is 1. The van der Waals surface area contributed by atoms with Crippen LogP contribution in [0.2, 0.25) is 0 Å². The maximum atomic E-state index is 11.2. The van der Waals surface area contributed by atoms with Crippen LogP contribution < -0.4 is 0 Å². The van der Waals surface area contributed by atoms with Crippen LogP contribution in [0.3, 0.4) is 0 Å². The predicted octanol–water partition coefficient (Wildman–Crippen LogP) is 0.527. The summed E-state index contributed by atoms with van der Waals surface area (Å²) in [6.07, 6.45) is 1.11. The Morgan fingerprint density at radius 1 is 1.60 bits per heavy atom. The van der Waals surface area contributed by atoms with Gasteiger partial charge >= 0.3 is 0 Å². The average Bonchev–Trinajstić information content (AvgIpc) is 1.86. The molecule has 3 aliphatic rings. The van der Waals surface area contributed by atoms with Crippen molar-refractivity contribution in [3.63, 3.8) is 0 Å². The highest BCUT2D eigenvalue weighted by molar-refractivity contribution is 5.84. The van der Waals surface area contributed by atoms with E-state index in [1.165, 1.54) is 0 Å². The van der Waals surface area contributed by atoms with Gasteiger partial charge in [-0.3, -0.25) is 9.69 Å². The summed E-state index contributed by atoms with van der Waals surface area (Å²) in [5.41, 5.74) is 0. The molecule has 3 rings (SSSR count). The largest absolute Gasteiger partial charge is 0.298 e. The van der Waals surface area contributed by atoms with Crippen molar-refractivity contribution in [1.82, 2.24) is 4.90 Å². The first kappa shape index (κ1) is 6.35. The second-order valence-electron chi connectivity index (χ2n) is 3.57. The SMILES string of the molecule is C[C@H]1CN2CC[C@@H]1C(=O)C2. The minimum atomic E-state index is 0.407. The van der Waals surface area contributed by atoms with E-state index in [0.717, 1.165) is 26.1 Å². The quantitative estimate of drug-likeness (QED) is 0.488. The van der Waals surface area contributed by atoms with Gasteiger partial charge in [0.15, 0.2) is 0 Å². The molecule has 2 heteroatoms. The van der Waals surface area contributed by atoms with E-state index >= 15 is 0 Å². The minimum absolute atomic E-state index is 0.407. The fourth-order valence-electron chi connectivity index (χ4n) is 2.19. The monoisotopic (exact) mass is 139 g/mol. The van der Waals surface area contributed by atoms with Crippen molar-refractivity contribution in [2.75, 3.05) is 19.6 Å². The summed E-state index contributed by atoms with van der Waals surface area (Å²) in [6.45, 7) is 5.22. The van der Waals surface area contributed by atoms with E-state index in [2.05, 4.69) is 11.8 Å². The maximum Gasteiger partial charge on any atom is 0.150 e. The lowest BCUT2D eigenvalue weighted by molar-refractivity contribution is -0.133. The van der Waals surface area contributed by atoms with Gasteiger partial charge in [-0.15, -0.1) is 0 Å². The molecule has 0 aromatic carbocycles. The number of hydrogen-bond donors (Lipinski definition) is 0. The van der Waals surface area contributed by atoms with Gasteiger partial charge in [-0.05, 0) is 18.9 Å². The van der Waals surface area contributed by atoms with Crippen molar-refractivity contribution in [3.05, 3.63) is 0 Å². The molecule has 3 heterocycles. The summed E-state index contributed by atoms with van der Waals surface area (Å²) in [5.74, 6) is 1.50. The molecule has 0 aromatic rings. The molecule has 0 saturated carbocycles. The number of ketones is 1. The summed E-state index contributed by atoms with van der Waals surface area (Å²) in [6, 6.07) is 0. The zero-order valence-electron chi connectivity index (χ0n) is 6.34. The zero-order chi connectivity index (χ0) is 7.14. The third kappa shape index (κ3) is 0.788. The molecule has 10 heavy (non-hydrogen) atoms. The Balaban J connectivity index is 2.18. The van der Waals surface area contributed by atoms with Gasteiger partial charge in [0.2, 0.25) is 0 Å². The second-order valence-corrected chi connectivity index (χ2v) is 3.57. The van der Waals surface area contributed by atoms with Gasteiger partial charge in [-0.2, -0.15) is 0 Å². The molecule has 0 aromatic heterocycles. The van der Waals surface area contributed by atoms with Gasteiger partial charge in [-0.25, -0.2) is 0 Å². The average molecular weight is 139 g/mol. The summed E-state index contributed by atoms with van der Waals surface area (Å²) in [7, 11) is 0. The van der Waals surface area contributed by atoms with Gasteiger partial charge < -0.3 is 0 Å². The summed E-state index contributed by atoms with van der Waals surface area (Å²) in [4.78, 5) is 13.5. The van der Waals surface area contributed by atoms with E-state index in [-0.39, 0.29) is 0 Å². The Kier molecular flexibility index (Phi) is 1.31. The lowest BCUT2D eigenvalue weighted by atomic mass is 9.79. The van der Waals surface area contributed by atoms with Gasteiger partial charge in [0.1, 0.15) is 5.78 Å². The molecule has 3 fully saturated rings. The molecule has 56 valence electrons. The van der Waals surface area contributed by atoms with E-state index in [4.69, 9.17) is 0 Å². The van der Waals surface area contributed by atoms with Crippen molar-refractivity contribution < 1.29 is 4.79 Å². The number of hydrogen-bond acceptors (Lipinski definition) is 2. The van der Waals surface area contributed by atoms with Gasteiger partial charge in [0.25, 0.3) is 0 Å². The summed E-state index contributed by atoms with van der Waals surface area (Å²) < 4.78 is 0. The molecule has 0 amide bonds. The van der Waals surface area contributed by atoms with E-state index in [1.807, 2.05) is 0 Å². The Bertz CT molecular complexity index is 167. The Labute approximate surface area is 61.2 Å². The molecule has 1 unspecified atom stereocenters. The zero-order valence-corrected chi connectivity index (χ0v) is 6.34. The normalized spacial score (nSPS) is 46.1. The number of carbonyl (C=O) groups is 1. The van der Waals surface area contributed by atoms with E-state index in [9.17, 15) is 4.79 Å². The third-order valence-corrected chi connectivity index (χ3v) is 2.78. The maximum absolute atomic E-state index is 11.2. The molecule has 0 radical (unpaired) electrons. The van der Waals surface area contributed by atoms with E-state index in [0.29, 0.717) is 17.6 Å². The minimum Gasteiger partial charge on any atom is -0.298 e. The highest BCUT2D eigenvalue weighted by atomic mass is 16.1. The van der Waals surface area contributed by atoms with Crippen molar-refractivity contribution >= 4 is 5.78 Å². The third-order valence-electron chi connectivity index (χ3n) is 2.78. The molecule has 3 saturated heterocycles. The van der Waals surface area contributed by atoms with E-state index in [1.54, 1.807) is 0 Å². The summed E-state index contributed by atoms with van der Waals surface area (Å²) >= 11 is 0. The predicted molar refractivity (Wildman–Crippen MR) is 38.7 cm³/mol. The molecule has 3 atom stereocenters. The van der Waals surface area contributed by atoms with Crippen molar-refractivity contribution in [2.24, 2.45) is 11.8 Å². The molecular formula is C8H13NO. The molecule has 2 nitrogen and oxygen atoms in total. The molecule has 0 aliphatic carbocycles. The van der Waals surface area contributed by atoms with Crippen molar-refractivity contribution in [3.8, 4) is 0 Å². The Hall–Kier alpha value is -0.370. The van der Waals surface area contributed by atoms with Crippen LogP contribution in [-0.2, 0) is 4.79 Å². The van der Waals surface area contributed by atoms with Crippen LogP contribution in [0.1, 0.15) is 13.3 Å². The Morgan fingerprint density at radius 2 is 2.40 bits per heavy atom. The fourth-order valence-corrected chi connectivity index (χ4v) is 2.19. The van der Waals surface area contributed by atoms with Crippen LogP contribution >= 0.6 is 0 Å². The Morgan fingerprint density at radius 3 is 2.80 bits per heavy atom. The highest BCUT2D eigenvalue weighted by Gasteiger charge is 2.37.